The number of nitrogen functional groups attached to an aromatic ring is 1. The van der Waals surface area contributed by atoms with Crippen molar-refractivity contribution >= 4 is 35.0 Å². The largest absolute Gasteiger partial charge is 0.458 e. The normalized spacial score (nSPS) is 12.2. The van der Waals surface area contributed by atoms with E-state index in [1.54, 1.807) is 18.7 Å². The van der Waals surface area contributed by atoms with Crippen molar-refractivity contribution in [1.29, 1.82) is 0 Å². The summed E-state index contributed by atoms with van der Waals surface area (Å²) < 4.78 is 18.2. The molecular formula is C11H13ClFNO2S. The molecule has 0 spiro atoms. The monoisotopic (exact) mass is 277 g/mol. The van der Waals surface area contributed by atoms with Gasteiger partial charge in [-0.2, -0.15) is 11.8 Å². The molecule has 2 N–H and O–H groups in total. The Kier molecular flexibility index (Phi) is 5.08. The zero-order chi connectivity index (χ0) is 13.0. The smallest absolute Gasteiger partial charge is 0.340 e. The van der Waals surface area contributed by atoms with Crippen LogP contribution in [0.1, 0.15) is 17.3 Å². The van der Waals surface area contributed by atoms with E-state index in [9.17, 15) is 9.18 Å². The van der Waals surface area contributed by atoms with Gasteiger partial charge in [0.05, 0.1) is 16.3 Å². The number of nitrogens with two attached hydrogens (primary N) is 1. The van der Waals surface area contributed by atoms with E-state index in [1.807, 2.05) is 6.26 Å². The van der Waals surface area contributed by atoms with Crippen LogP contribution in [0.3, 0.4) is 0 Å². The van der Waals surface area contributed by atoms with Gasteiger partial charge in [0.25, 0.3) is 0 Å². The molecule has 0 saturated heterocycles. The van der Waals surface area contributed by atoms with Crippen molar-refractivity contribution in [2.75, 3.05) is 17.7 Å². The van der Waals surface area contributed by atoms with Gasteiger partial charge in [0.1, 0.15) is 11.9 Å². The lowest BCUT2D eigenvalue weighted by atomic mass is 10.2. The number of hydrogen-bond donors (Lipinski definition) is 1. The van der Waals surface area contributed by atoms with Crippen LogP contribution in [0.2, 0.25) is 5.02 Å². The Labute approximate surface area is 108 Å². The summed E-state index contributed by atoms with van der Waals surface area (Å²) in [4.78, 5) is 11.7. The summed E-state index contributed by atoms with van der Waals surface area (Å²) in [6.45, 7) is 1.77. The summed E-state index contributed by atoms with van der Waals surface area (Å²) in [5, 5.41) is -0.00180. The third-order valence-corrected chi connectivity index (χ3v) is 3.13. The number of esters is 1. The molecule has 1 atom stereocenters. The van der Waals surface area contributed by atoms with Gasteiger partial charge in [0.15, 0.2) is 0 Å². The highest BCUT2D eigenvalue weighted by atomic mass is 35.5. The molecule has 0 saturated carbocycles. The molecule has 17 heavy (non-hydrogen) atoms. The average Bonchev–Trinajstić information content (AvgIpc) is 2.23. The molecule has 3 nitrogen and oxygen atoms in total. The second kappa shape index (κ2) is 6.12. The molecule has 0 aliphatic carbocycles. The summed E-state index contributed by atoms with van der Waals surface area (Å²) in [5.41, 5.74) is 5.33. The highest BCUT2D eigenvalue weighted by Crippen LogP contribution is 2.23. The fourth-order valence-corrected chi connectivity index (χ4v) is 2.00. The van der Waals surface area contributed by atoms with Crippen LogP contribution in [-0.2, 0) is 4.74 Å². The lowest BCUT2D eigenvalue weighted by molar-refractivity contribution is 0.0386. The van der Waals surface area contributed by atoms with Gasteiger partial charge < -0.3 is 10.5 Å². The van der Waals surface area contributed by atoms with Crippen molar-refractivity contribution in [3.63, 3.8) is 0 Å². The summed E-state index contributed by atoms with van der Waals surface area (Å²) in [5.74, 6) is -0.563. The Morgan fingerprint density at radius 1 is 1.65 bits per heavy atom. The SMILES string of the molecule is CSCC(C)OC(=O)c1cc(N)c(F)cc1Cl. The van der Waals surface area contributed by atoms with Gasteiger partial charge in [-0.25, -0.2) is 9.18 Å². The predicted octanol–water partition coefficient (Wildman–Crippen LogP) is 2.97. The Balaban J connectivity index is 2.86. The zero-order valence-electron chi connectivity index (χ0n) is 9.50. The molecule has 0 aliphatic heterocycles. The van der Waals surface area contributed by atoms with Gasteiger partial charge in [0, 0.05) is 5.75 Å². The molecule has 0 heterocycles. The molecule has 0 bridgehead atoms. The lowest BCUT2D eigenvalue weighted by Crippen LogP contribution is -2.17. The molecule has 1 aromatic rings. The number of hydrogen-bond acceptors (Lipinski definition) is 4. The van der Waals surface area contributed by atoms with E-state index in [0.717, 1.165) is 6.07 Å². The van der Waals surface area contributed by atoms with Gasteiger partial charge in [-0.15, -0.1) is 0 Å². The molecule has 0 radical (unpaired) electrons. The van der Waals surface area contributed by atoms with E-state index < -0.39 is 11.8 Å². The minimum absolute atomic E-state index is 0.00180. The molecule has 94 valence electrons. The van der Waals surface area contributed by atoms with E-state index in [0.29, 0.717) is 5.75 Å². The molecule has 0 fully saturated rings. The van der Waals surface area contributed by atoms with E-state index in [1.165, 1.54) is 6.07 Å². The summed E-state index contributed by atoms with van der Waals surface area (Å²) in [6, 6.07) is 2.19. The maximum Gasteiger partial charge on any atom is 0.340 e. The van der Waals surface area contributed by atoms with Gasteiger partial charge in [0.2, 0.25) is 0 Å². The third kappa shape index (κ3) is 3.78. The summed E-state index contributed by atoms with van der Waals surface area (Å²) >= 11 is 7.32. The summed E-state index contributed by atoms with van der Waals surface area (Å²) in [7, 11) is 0. The predicted molar refractivity (Wildman–Crippen MR) is 69.1 cm³/mol. The molecule has 1 unspecified atom stereocenters. The number of thioether (sulfide) groups is 1. The van der Waals surface area contributed by atoms with Crippen LogP contribution < -0.4 is 5.73 Å². The Bertz CT molecular complexity index is 428. The van der Waals surface area contributed by atoms with E-state index in [-0.39, 0.29) is 22.4 Å². The number of ether oxygens (including phenoxy) is 1. The van der Waals surface area contributed by atoms with Crippen molar-refractivity contribution < 1.29 is 13.9 Å². The van der Waals surface area contributed by atoms with E-state index in [4.69, 9.17) is 22.1 Å². The van der Waals surface area contributed by atoms with Crippen LogP contribution in [0.15, 0.2) is 12.1 Å². The first-order valence-electron chi connectivity index (χ1n) is 4.90. The zero-order valence-corrected chi connectivity index (χ0v) is 11.1. The number of halogens is 2. The van der Waals surface area contributed by atoms with Crippen LogP contribution in [-0.4, -0.2) is 24.1 Å². The van der Waals surface area contributed by atoms with Crippen LogP contribution in [0.4, 0.5) is 10.1 Å². The third-order valence-electron chi connectivity index (χ3n) is 2.02. The second-order valence-electron chi connectivity index (χ2n) is 3.52. The Morgan fingerprint density at radius 3 is 2.88 bits per heavy atom. The van der Waals surface area contributed by atoms with Crippen LogP contribution in [0, 0.1) is 5.82 Å². The van der Waals surface area contributed by atoms with Gasteiger partial charge in [-0.1, -0.05) is 11.6 Å². The molecule has 1 rings (SSSR count). The van der Waals surface area contributed by atoms with Crippen molar-refractivity contribution in [3.8, 4) is 0 Å². The molecule has 1 aromatic carbocycles. The van der Waals surface area contributed by atoms with Crippen molar-refractivity contribution in [2.24, 2.45) is 0 Å². The molecule has 0 amide bonds. The lowest BCUT2D eigenvalue weighted by Gasteiger charge is -2.13. The molecule has 6 heteroatoms. The first-order valence-corrected chi connectivity index (χ1v) is 6.67. The number of carbonyl (C=O) groups is 1. The number of carbonyl (C=O) groups excluding carboxylic acids is 1. The van der Waals surface area contributed by atoms with Crippen LogP contribution in [0.5, 0.6) is 0 Å². The Hall–Kier alpha value is -0.940. The maximum absolute atomic E-state index is 13.0. The standard InChI is InChI=1S/C11H13ClFNO2S/c1-6(5-17-2)16-11(15)7-3-10(14)9(13)4-8(7)12/h3-4,6H,5,14H2,1-2H3. The van der Waals surface area contributed by atoms with E-state index >= 15 is 0 Å². The average molecular weight is 278 g/mol. The molecule has 0 aromatic heterocycles. The van der Waals surface area contributed by atoms with Crippen LogP contribution in [0.25, 0.3) is 0 Å². The highest BCUT2D eigenvalue weighted by Gasteiger charge is 2.17. The van der Waals surface area contributed by atoms with Crippen LogP contribution >= 0.6 is 23.4 Å². The van der Waals surface area contributed by atoms with Crippen molar-refractivity contribution in [2.45, 2.75) is 13.0 Å². The first kappa shape index (κ1) is 14.1. The molecular weight excluding hydrogens is 265 g/mol. The minimum Gasteiger partial charge on any atom is -0.458 e. The maximum atomic E-state index is 13.0. The fourth-order valence-electron chi connectivity index (χ4n) is 1.24. The number of anilines is 1. The first-order chi connectivity index (χ1) is 7.95. The van der Waals surface area contributed by atoms with Crippen molar-refractivity contribution in [3.05, 3.63) is 28.5 Å². The van der Waals surface area contributed by atoms with Gasteiger partial charge in [-0.3, -0.25) is 0 Å². The number of rotatable bonds is 4. The summed E-state index contributed by atoms with van der Waals surface area (Å²) in [6.07, 6.45) is 1.67. The van der Waals surface area contributed by atoms with Gasteiger partial charge >= 0.3 is 5.97 Å². The topological polar surface area (TPSA) is 52.3 Å². The highest BCUT2D eigenvalue weighted by molar-refractivity contribution is 7.98. The molecule has 0 aliphatic rings. The minimum atomic E-state index is -0.649. The van der Waals surface area contributed by atoms with E-state index in [2.05, 4.69) is 0 Å². The number of benzene rings is 1. The van der Waals surface area contributed by atoms with Gasteiger partial charge in [-0.05, 0) is 25.3 Å². The Morgan fingerprint density at radius 2 is 2.29 bits per heavy atom. The quantitative estimate of drug-likeness (QED) is 0.679. The van der Waals surface area contributed by atoms with Crippen molar-refractivity contribution in [1.82, 2.24) is 0 Å². The fraction of sp³-hybridized carbons (Fsp3) is 0.364. The second-order valence-corrected chi connectivity index (χ2v) is 4.84.